The maximum absolute atomic E-state index is 13.9. The van der Waals surface area contributed by atoms with E-state index in [2.05, 4.69) is 33.6 Å². The lowest BCUT2D eigenvalue weighted by Gasteiger charge is -2.26. The Morgan fingerprint density at radius 2 is 1.81 bits per heavy atom. The molecule has 0 radical (unpaired) electrons. The molecule has 14 heteroatoms. The molecule has 5 rings (SSSR count). The third-order valence-corrected chi connectivity index (χ3v) is 9.17. The largest absolute Gasteiger partial charge is 0.416 e. The molecule has 1 aliphatic rings. The number of alkyl halides is 3. The fourth-order valence-electron chi connectivity index (χ4n) is 5.16. The van der Waals surface area contributed by atoms with E-state index in [1.807, 2.05) is 11.1 Å². The highest BCUT2D eigenvalue weighted by Crippen LogP contribution is 2.37. The number of aromatic nitrogens is 2. The van der Waals surface area contributed by atoms with Gasteiger partial charge in [0.25, 0.3) is 5.91 Å². The third kappa shape index (κ3) is 8.20. The highest BCUT2D eigenvalue weighted by atomic mass is 35.5. The van der Waals surface area contributed by atoms with Crippen LogP contribution in [0.3, 0.4) is 0 Å². The van der Waals surface area contributed by atoms with Crippen molar-refractivity contribution in [3.05, 3.63) is 91.9 Å². The maximum atomic E-state index is 13.9. The van der Waals surface area contributed by atoms with Crippen molar-refractivity contribution in [2.75, 3.05) is 20.1 Å². The summed E-state index contributed by atoms with van der Waals surface area (Å²) in [5.41, 5.74) is 4.40. The van der Waals surface area contributed by atoms with Gasteiger partial charge in [-0.1, -0.05) is 41.5 Å². The van der Waals surface area contributed by atoms with Crippen molar-refractivity contribution in [3.8, 4) is 34.2 Å². The molecule has 0 bridgehead atoms. The minimum atomic E-state index is -4.43. The number of amidine groups is 1. The quantitative estimate of drug-likeness (QED) is 0.116. The second kappa shape index (κ2) is 15.3. The summed E-state index contributed by atoms with van der Waals surface area (Å²) < 4.78 is 40.6. The highest BCUT2D eigenvalue weighted by Gasteiger charge is 2.30. The Balaban J connectivity index is 1.61. The summed E-state index contributed by atoms with van der Waals surface area (Å²) in [6, 6.07) is 15.4. The van der Waals surface area contributed by atoms with E-state index in [0.717, 1.165) is 31.4 Å². The zero-order valence-corrected chi connectivity index (χ0v) is 28.3. The number of hydrogen-bond donors (Lipinski definition) is 2. The number of hydrazine groups is 1. The molecule has 248 valence electrons. The van der Waals surface area contributed by atoms with Crippen LogP contribution in [0.1, 0.15) is 58.2 Å². The first kappa shape index (κ1) is 35.0. The number of carbonyl (C=O) groups excluding carboxylic acids is 1. The van der Waals surface area contributed by atoms with Gasteiger partial charge < -0.3 is 5.32 Å². The summed E-state index contributed by atoms with van der Waals surface area (Å²) in [4.78, 5) is 19.4. The van der Waals surface area contributed by atoms with Crippen molar-refractivity contribution < 1.29 is 18.0 Å². The number of nitrogens with zero attached hydrogens (tertiary/aromatic N) is 5. The molecule has 2 aromatic carbocycles. The summed E-state index contributed by atoms with van der Waals surface area (Å²) in [6.07, 6.45) is -1.42. The van der Waals surface area contributed by atoms with Gasteiger partial charge in [0.1, 0.15) is 11.8 Å². The van der Waals surface area contributed by atoms with Crippen molar-refractivity contribution in [1.29, 1.82) is 5.26 Å². The van der Waals surface area contributed by atoms with E-state index in [0.29, 0.717) is 61.2 Å². The van der Waals surface area contributed by atoms with E-state index >= 15 is 0 Å². The molecule has 0 spiro atoms. The fourth-order valence-corrected chi connectivity index (χ4v) is 6.56. The summed E-state index contributed by atoms with van der Waals surface area (Å²) in [6.45, 7) is 3.26. The molecule has 1 amide bonds. The number of carbonyl (C=O) groups is 1. The van der Waals surface area contributed by atoms with Crippen LogP contribution in [0.4, 0.5) is 13.2 Å². The molecule has 0 aliphatic carbocycles. The van der Waals surface area contributed by atoms with Crippen LogP contribution >= 0.6 is 34.5 Å². The Bertz CT molecular complexity index is 1930. The van der Waals surface area contributed by atoms with Crippen molar-refractivity contribution in [2.45, 2.75) is 38.9 Å². The third-order valence-electron chi connectivity index (χ3n) is 7.62. The lowest BCUT2D eigenvalue weighted by Crippen LogP contribution is -2.45. The number of rotatable bonds is 7. The molecule has 2 N–H and O–H groups in total. The Kier molecular flexibility index (Phi) is 11.1. The van der Waals surface area contributed by atoms with Crippen molar-refractivity contribution in [1.82, 2.24) is 25.5 Å². The van der Waals surface area contributed by atoms with Gasteiger partial charge in [0.2, 0.25) is 0 Å². The molecule has 3 heterocycles. The van der Waals surface area contributed by atoms with Crippen molar-refractivity contribution >= 4 is 46.3 Å². The Morgan fingerprint density at radius 3 is 2.46 bits per heavy atom. The minimum absolute atomic E-state index is 0.104. The van der Waals surface area contributed by atoms with Gasteiger partial charge in [-0.2, -0.15) is 23.5 Å². The summed E-state index contributed by atoms with van der Waals surface area (Å²) in [5, 5.41) is 20.2. The summed E-state index contributed by atoms with van der Waals surface area (Å²) >= 11 is 14.2. The van der Waals surface area contributed by atoms with Gasteiger partial charge in [0.05, 0.1) is 37.8 Å². The first-order chi connectivity index (χ1) is 23.0. The van der Waals surface area contributed by atoms with E-state index in [4.69, 9.17) is 28.3 Å². The first-order valence-corrected chi connectivity index (χ1v) is 16.6. The van der Waals surface area contributed by atoms with Gasteiger partial charge >= 0.3 is 6.18 Å². The molecule has 0 saturated carbocycles. The molecular formula is C34H30Cl2F3N7OS. The number of benzene rings is 2. The molecule has 1 saturated heterocycles. The second-order valence-corrected chi connectivity index (χ2v) is 12.9. The Hall–Kier alpha value is -4.33. The second-order valence-electron chi connectivity index (χ2n) is 11.0. The van der Waals surface area contributed by atoms with E-state index < -0.39 is 23.6 Å². The number of nitriles is 1. The van der Waals surface area contributed by atoms with Gasteiger partial charge in [-0.3, -0.25) is 15.2 Å². The Morgan fingerprint density at radius 1 is 1.08 bits per heavy atom. The average molecular weight is 713 g/mol. The molecule has 1 aliphatic heterocycles. The average Bonchev–Trinajstić information content (AvgIpc) is 3.69. The van der Waals surface area contributed by atoms with Gasteiger partial charge in [-0.25, -0.2) is 9.69 Å². The number of nitrogens with one attached hydrogen (secondary N) is 2. The van der Waals surface area contributed by atoms with Gasteiger partial charge in [0, 0.05) is 42.8 Å². The minimum Gasteiger partial charge on any atom is -0.369 e. The maximum Gasteiger partial charge on any atom is 0.416 e. The lowest BCUT2D eigenvalue weighted by atomic mass is 10.1. The topological polar surface area (TPSA) is 98.3 Å². The molecule has 48 heavy (non-hydrogen) atoms. The van der Waals surface area contributed by atoms with Crippen LogP contribution < -0.4 is 10.7 Å². The van der Waals surface area contributed by atoms with Gasteiger partial charge in [-0.15, -0.1) is 11.3 Å². The molecule has 1 fully saturated rings. The smallest absolute Gasteiger partial charge is 0.369 e. The number of amides is 1. The summed E-state index contributed by atoms with van der Waals surface area (Å²) in [5.74, 6) is 5.46. The predicted octanol–water partition coefficient (Wildman–Crippen LogP) is 7.73. The van der Waals surface area contributed by atoms with Crippen LogP contribution in [0.2, 0.25) is 10.0 Å². The molecule has 4 aromatic rings. The zero-order chi connectivity index (χ0) is 34.4. The van der Waals surface area contributed by atoms with Crippen LogP contribution in [-0.2, 0) is 12.7 Å². The van der Waals surface area contributed by atoms with Crippen molar-refractivity contribution in [2.24, 2.45) is 10.9 Å². The number of aliphatic imine (C=N–C) groups is 1. The molecule has 8 nitrogen and oxygen atoms in total. The lowest BCUT2D eigenvalue weighted by molar-refractivity contribution is -0.137. The fraction of sp³-hybridized carbons (Fsp3) is 0.294. The van der Waals surface area contributed by atoms with Crippen LogP contribution in [0, 0.1) is 29.1 Å². The van der Waals surface area contributed by atoms with E-state index in [9.17, 15) is 23.2 Å². The van der Waals surface area contributed by atoms with E-state index in [1.54, 1.807) is 42.9 Å². The molecule has 2 aromatic heterocycles. The van der Waals surface area contributed by atoms with E-state index in [1.165, 1.54) is 23.5 Å². The SMILES string of the molecule is CN=C(NCc1c(C(=O)NN2CCCCC2)nn(-c2ccc(Cl)cc2Cl)c1-c1ccc(C#Cc2ccc(C(F)(F)F)cc2)s1)C(C)C#N. The number of piperidine rings is 1. The number of halogens is 5. The molecule has 1 unspecified atom stereocenters. The normalized spacial score (nSPS) is 14.5. The number of hydrogen-bond acceptors (Lipinski definition) is 6. The van der Waals surface area contributed by atoms with Crippen LogP contribution in [0.25, 0.3) is 16.3 Å². The first-order valence-electron chi connectivity index (χ1n) is 15.0. The molecular weight excluding hydrogens is 682 g/mol. The monoisotopic (exact) mass is 711 g/mol. The zero-order valence-electron chi connectivity index (χ0n) is 26.0. The molecule has 1 atom stereocenters. The van der Waals surface area contributed by atoms with Crippen LogP contribution in [0.5, 0.6) is 0 Å². The summed E-state index contributed by atoms with van der Waals surface area (Å²) in [7, 11) is 1.58. The van der Waals surface area contributed by atoms with Gasteiger partial charge in [-0.05, 0) is 74.4 Å². The Labute approximate surface area is 290 Å². The van der Waals surface area contributed by atoms with E-state index in [-0.39, 0.29) is 12.2 Å². The van der Waals surface area contributed by atoms with Crippen molar-refractivity contribution in [3.63, 3.8) is 0 Å². The number of thiophene rings is 1. The van der Waals surface area contributed by atoms with Gasteiger partial charge in [0.15, 0.2) is 5.69 Å². The standard InChI is InChI=1S/C34H30Cl2F3N7OS/c1-21(19-40)32(41-2)42-20-26-30(33(47)44-45-16-4-3-5-17-45)43-46(28-14-11-24(35)18-27(28)36)31(26)29-15-13-25(48-29)12-8-22-6-9-23(10-7-22)34(37,38)39/h6-7,9-11,13-15,18,21H,3-5,16-17,20H2,1-2H3,(H,41,42)(H,44,47). The highest BCUT2D eigenvalue weighted by molar-refractivity contribution is 7.16. The van der Waals surface area contributed by atoms with Crippen LogP contribution in [0.15, 0.2) is 59.6 Å². The predicted molar refractivity (Wildman–Crippen MR) is 182 cm³/mol. The van der Waals surface area contributed by atoms with Crippen LogP contribution in [-0.4, -0.2) is 46.7 Å².